The Hall–Kier alpha value is -1.59. The van der Waals surface area contributed by atoms with Crippen LogP contribution in [0.4, 0.5) is 5.69 Å². The SMILES string of the molecule is Cc1ccc(N)cc1C(=O)NN1CCOCC1. The molecule has 1 fully saturated rings. The molecule has 0 bridgehead atoms. The van der Waals surface area contributed by atoms with Crippen LogP contribution in [0.5, 0.6) is 0 Å². The van der Waals surface area contributed by atoms with Crippen LogP contribution in [0, 0.1) is 6.92 Å². The summed E-state index contributed by atoms with van der Waals surface area (Å²) in [6, 6.07) is 5.34. The number of amides is 1. The fraction of sp³-hybridized carbons (Fsp3) is 0.417. The summed E-state index contributed by atoms with van der Waals surface area (Å²) in [5.74, 6) is -0.114. The number of nitrogen functional groups attached to an aromatic ring is 1. The number of aryl methyl sites for hydroxylation is 1. The number of anilines is 1. The minimum atomic E-state index is -0.114. The van der Waals surface area contributed by atoms with E-state index in [0.717, 1.165) is 5.56 Å². The Bertz CT molecular complexity index is 414. The quantitative estimate of drug-likeness (QED) is 0.735. The van der Waals surface area contributed by atoms with Crippen molar-refractivity contribution in [3.63, 3.8) is 0 Å². The van der Waals surface area contributed by atoms with Crippen molar-refractivity contribution in [1.29, 1.82) is 0 Å². The lowest BCUT2D eigenvalue weighted by atomic mass is 10.1. The predicted molar refractivity (Wildman–Crippen MR) is 65.4 cm³/mol. The molecule has 0 aromatic heterocycles. The Labute approximate surface area is 101 Å². The largest absolute Gasteiger partial charge is 0.399 e. The number of benzene rings is 1. The van der Waals surface area contributed by atoms with E-state index in [9.17, 15) is 4.79 Å². The molecule has 1 amide bonds. The van der Waals surface area contributed by atoms with Crippen LogP contribution in [0.2, 0.25) is 0 Å². The molecule has 1 aromatic carbocycles. The molecule has 92 valence electrons. The molecule has 1 heterocycles. The Kier molecular flexibility index (Phi) is 3.61. The maximum Gasteiger partial charge on any atom is 0.265 e. The highest BCUT2D eigenvalue weighted by Gasteiger charge is 2.15. The second kappa shape index (κ2) is 5.16. The van der Waals surface area contributed by atoms with Crippen molar-refractivity contribution in [2.45, 2.75) is 6.92 Å². The highest BCUT2D eigenvalue weighted by molar-refractivity contribution is 5.96. The summed E-state index contributed by atoms with van der Waals surface area (Å²) in [6.45, 7) is 4.63. The summed E-state index contributed by atoms with van der Waals surface area (Å²) < 4.78 is 5.22. The number of hydrogen-bond donors (Lipinski definition) is 2. The zero-order valence-electron chi connectivity index (χ0n) is 9.90. The van der Waals surface area contributed by atoms with E-state index in [-0.39, 0.29) is 5.91 Å². The molecule has 1 aromatic rings. The van der Waals surface area contributed by atoms with Gasteiger partial charge in [0.05, 0.1) is 13.2 Å². The lowest BCUT2D eigenvalue weighted by molar-refractivity contribution is 0.0126. The van der Waals surface area contributed by atoms with Crippen molar-refractivity contribution in [3.8, 4) is 0 Å². The van der Waals surface area contributed by atoms with E-state index in [1.54, 1.807) is 12.1 Å². The first kappa shape index (κ1) is 11.9. The Balaban J connectivity index is 2.05. The summed E-state index contributed by atoms with van der Waals surface area (Å²) in [5, 5.41) is 1.87. The van der Waals surface area contributed by atoms with Gasteiger partial charge in [0.2, 0.25) is 0 Å². The smallest absolute Gasteiger partial charge is 0.265 e. The molecule has 3 N–H and O–H groups in total. The van der Waals surface area contributed by atoms with Crippen molar-refractivity contribution in [1.82, 2.24) is 10.4 Å². The van der Waals surface area contributed by atoms with Crippen molar-refractivity contribution in [2.24, 2.45) is 0 Å². The van der Waals surface area contributed by atoms with Gasteiger partial charge >= 0.3 is 0 Å². The summed E-state index contributed by atoms with van der Waals surface area (Å²) in [6.07, 6.45) is 0. The van der Waals surface area contributed by atoms with Crippen LogP contribution >= 0.6 is 0 Å². The number of carbonyl (C=O) groups is 1. The number of hydrazine groups is 1. The zero-order valence-corrected chi connectivity index (χ0v) is 9.90. The number of nitrogens with zero attached hydrogens (tertiary/aromatic N) is 1. The maximum atomic E-state index is 12.0. The fourth-order valence-electron chi connectivity index (χ4n) is 1.76. The van der Waals surface area contributed by atoms with Gasteiger partial charge in [0.25, 0.3) is 5.91 Å². The van der Waals surface area contributed by atoms with Crippen molar-refractivity contribution in [2.75, 3.05) is 32.0 Å². The van der Waals surface area contributed by atoms with Gasteiger partial charge in [0.1, 0.15) is 0 Å². The van der Waals surface area contributed by atoms with Crippen LogP contribution in [-0.4, -0.2) is 37.2 Å². The third-order valence-corrected chi connectivity index (χ3v) is 2.78. The highest BCUT2D eigenvalue weighted by atomic mass is 16.5. The van der Waals surface area contributed by atoms with E-state index in [4.69, 9.17) is 10.5 Å². The molecule has 0 atom stereocenters. The van der Waals surface area contributed by atoms with Crippen molar-refractivity contribution >= 4 is 11.6 Å². The molecule has 0 saturated carbocycles. The lowest BCUT2D eigenvalue weighted by Gasteiger charge is -2.27. The summed E-state index contributed by atoms with van der Waals surface area (Å²) in [4.78, 5) is 12.0. The van der Waals surface area contributed by atoms with E-state index in [0.29, 0.717) is 37.6 Å². The lowest BCUT2D eigenvalue weighted by Crippen LogP contribution is -2.48. The molecule has 0 aliphatic carbocycles. The van der Waals surface area contributed by atoms with Gasteiger partial charge in [0.15, 0.2) is 0 Å². The van der Waals surface area contributed by atoms with Crippen LogP contribution in [0.25, 0.3) is 0 Å². The fourth-order valence-corrected chi connectivity index (χ4v) is 1.76. The second-order valence-electron chi connectivity index (χ2n) is 4.11. The van der Waals surface area contributed by atoms with Crippen molar-refractivity contribution in [3.05, 3.63) is 29.3 Å². The molecular weight excluding hydrogens is 218 g/mol. The van der Waals surface area contributed by atoms with Crippen LogP contribution in [-0.2, 0) is 4.74 Å². The number of hydrogen-bond acceptors (Lipinski definition) is 4. The Morgan fingerprint density at radius 3 is 2.82 bits per heavy atom. The van der Waals surface area contributed by atoms with Crippen LogP contribution in [0.1, 0.15) is 15.9 Å². The molecule has 17 heavy (non-hydrogen) atoms. The average molecular weight is 235 g/mol. The number of ether oxygens (including phenoxy) is 1. The van der Waals surface area contributed by atoms with Crippen molar-refractivity contribution < 1.29 is 9.53 Å². The normalized spacial score (nSPS) is 16.8. The number of morpholine rings is 1. The molecule has 1 aliphatic heterocycles. The van der Waals surface area contributed by atoms with Gasteiger partial charge in [-0.2, -0.15) is 0 Å². The van der Waals surface area contributed by atoms with Crippen LogP contribution in [0.3, 0.4) is 0 Å². The van der Waals surface area contributed by atoms with Gasteiger partial charge < -0.3 is 10.5 Å². The van der Waals surface area contributed by atoms with E-state index >= 15 is 0 Å². The van der Waals surface area contributed by atoms with Gasteiger partial charge in [-0.25, -0.2) is 5.01 Å². The van der Waals surface area contributed by atoms with Crippen LogP contribution in [0.15, 0.2) is 18.2 Å². The van der Waals surface area contributed by atoms with E-state index in [1.807, 2.05) is 18.0 Å². The first-order valence-electron chi connectivity index (χ1n) is 5.66. The molecule has 1 saturated heterocycles. The monoisotopic (exact) mass is 235 g/mol. The zero-order chi connectivity index (χ0) is 12.3. The maximum absolute atomic E-state index is 12.0. The van der Waals surface area contributed by atoms with Gasteiger partial charge in [-0.1, -0.05) is 6.07 Å². The molecule has 0 unspecified atom stereocenters. The molecule has 0 spiro atoms. The Morgan fingerprint density at radius 2 is 2.12 bits per heavy atom. The van der Waals surface area contributed by atoms with Gasteiger partial charge in [-0.3, -0.25) is 10.2 Å². The standard InChI is InChI=1S/C12H17N3O2/c1-9-2-3-10(13)8-11(9)12(16)14-15-4-6-17-7-5-15/h2-3,8H,4-7,13H2,1H3,(H,14,16). The third kappa shape index (κ3) is 2.95. The number of carbonyl (C=O) groups excluding carboxylic acids is 1. The van der Waals surface area contributed by atoms with E-state index in [2.05, 4.69) is 5.43 Å². The second-order valence-corrected chi connectivity index (χ2v) is 4.11. The molecule has 5 heteroatoms. The van der Waals surface area contributed by atoms with Gasteiger partial charge in [-0.05, 0) is 24.6 Å². The average Bonchev–Trinajstić information content (AvgIpc) is 2.33. The molecule has 2 rings (SSSR count). The minimum Gasteiger partial charge on any atom is -0.399 e. The van der Waals surface area contributed by atoms with Gasteiger partial charge in [0, 0.05) is 24.3 Å². The van der Waals surface area contributed by atoms with Gasteiger partial charge in [-0.15, -0.1) is 0 Å². The van der Waals surface area contributed by atoms with Crippen LogP contribution < -0.4 is 11.2 Å². The number of nitrogens with two attached hydrogens (primary N) is 1. The first-order valence-corrected chi connectivity index (χ1v) is 5.66. The van der Waals surface area contributed by atoms with E-state index in [1.165, 1.54) is 0 Å². The minimum absolute atomic E-state index is 0.114. The number of rotatable bonds is 2. The summed E-state index contributed by atoms with van der Waals surface area (Å²) in [7, 11) is 0. The highest BCUT2D eigenvalue weighted by Crippen LogP contribution is 2.12. The first-order chi connectivity index (χ1) is 8.16. The number of nitrogens with one attached hydrogen (secondary N) is 1. The van der Waals surface area contributed by atoms with E-state index < -0.39 is 0 Å². The Morgan fingerprint density at radius 1 is 1.41 bits per heavy atom. The third-order valence-electron chi connectivity index (χ3n) is 2.78. The molecule has 5 nitrogen and oxygen atoms in total. The topological polar surface area (TPSA) is 67.6 Å². The summed E-state index contributed by atoms with van der Waals surface area (Å²) >= 11 is 0. The molecular formula is C12H17N3O2. The molecule has 1 aliphatic rings. The molecule has 0 radical (unpaired) electrons. The summed E-state index contributed by atoms with van der Waals surface area (Å²) in [5.41, 5.74) is 10.7. The predicted octanol–water partition coefficient (Wildman–Crippen LogP) is 0.554.